The number of rotatable bonds is 32. The number of hydrogen-bond donors (Lipinski definition) is 3. The van der Waals surface area contributed by atoms with Crippen molar-refractivity contribution in [2.45, 2.75) is 155 Å². The summed E-state index contributed by atoms with van der Waals surface area (Å²) in [5.74, 6) is -0.535. The van der Waals surface area contributed by atoms with Crippen LogP contribution in [0.3, 0.4) is 0 Å². The molecule has 0 bridgehead atoms. The second-order valence-electron chi connectivity index (χ2n) is 11.5. The van der Waals surface area contributed by atoms with Crippen molar-refractivity contribution in [2.24, 2.45) is 0 Å². The molecule has 0 aromatic heterocycles. The zero-order chi connectivity index (χ0) is 32.6. The lowest BCUT2D eigenvalue weighted by molar-refractivity contribution is -0.147. The molecular formula is C34H64NO8P. The number of esters is 1. The van der Waals surface area contributed by atoms with Gasteiger partial charge in [0.2, 0.25) is 5.91 Å². The van der Waals surface area contributed by atoms with Gasteiger partial charge < -0.3 is 20.1 Å². The molecule has 0 radical (unpaired) electrons. The Morgan fingerprint density at radius 2 is 1.25 bits per heavy atom. The average molecular weight is 646 g/mol. The molecule has 10 heteroatoms. The van der Waals surface area contributed by atoms with E-state index in [1.54, 1.807) is 0 Å². The SMILES string of the molecule is CCCC/C=C\C/C=C\CCCCCCCC(=O)NCCOP(=O)(O)OCC(O)COC(=O)CCCCCCCCCCC. The Hall–Kier alpha value is -1.51. The first-order valence-electron chi connectivity index (χ1n) is 17.3. The standard InChI is InChI=1S/C34H64NO8P/c1-3-5-7-9-11-13-14-15-16-17-19-20-22-24-26-33(37)35-28-29-42-44(39,40)43-31-32(36)30-41-34(38)27-25-23-21-18-12-10-8-6-4-2/h9,11,14-15,32,36H,3-8,10,12-13,16-31H2,1-2H3,(H,35,37)(H,39,40)/b11-9-,15-14-. The first-order valence-corrected chi connectivity index (χ1v) is 18.8. The van der Waals surface area contributed by atoms with Crippen LogP contribution in [0.15, 0.2) is 24.3 Å². The predicted octanol–water partition coefficient (Wildman–Crippen LogP) is 8.48. The molecule has 0 fully saturated rings. The smallest absolute Gasteiger partial charge is 0.463 e. The third-order valence-electron chi connectivity index (χ3n) is 7.13. The molecule has 0 saturated carbocycles. The van der Waals surface area contributed by atoms with E-state index in [0.717, 1.165) is 64.2 Å². The maximum absolute atomic E-state index is 12.0. The molecular weight excluding hydrogens is 581 g/mol. The molecule has 0 spiro atoms. The van der Waals surface area contributed by atoms with Crippen LogP contribution in [-0.4, -0.2) is 54.3 Å². The van der Waals surface area contributed by atoms with Crippen molar-refractivity contribution < 1.29 is 37.9 Å². The second kappa shape index (κ2) is 31.5. The first kappa shape index (κ1) is 42.5. The molecule has 0 aromatic carbocycles. The van der Waals surface area contributed by atoms with Gasteiger partial charge >= 0.3 is 13.8 Å². The van der Waals surface area contributed by atoms with Gasteiger partial charge in [0.1, 0.15) is 12.7 Å². The zero-order valence-corrected chi connectivity index (χ0v) is 28.7. The van der Waals surface area contributed by atoms with Gasteiger partial charge in [0.05, 0.1) is 13.2 Å². The number of nitrogens with one attached hydrogen (secondary N) is 1. The van der Waals surface area contributed by atoms with Gasteiger partial charge in [0, 0.05) is 19.4 Å². The van der Waals surface area contributed by atoms with Crippen LogP contribution in [0.2, 0.25) is 0 Å². The van der Waals surface area contributed by atoms with Gasteiger partial charge in [0.25, 0.3) is 0 Å². The van der Waals surface area contributed by atoms with Crippen molar-refractivity contribution in [3.8, 4) is 0 Å². The topological polar surface area (TPSA) is 131 Å². The number of aliphatic hydroxyl groups excluding tert-OH is 1. The predicted molar refractivity (Wildman–Crippen MR) is 178 cm³/mol. The molecule has 258 valence electrons. The Labute approximate surface area is 268 Å². The van der Waals surface area contributed by atoms with Gasteiger partial charge in [-0.05, 0) is 38.5 Å². The molecule has 0 rings (SSSR count). The number of carbonyl (C=O) groups is 2. The average Bonchev–Trinajstić information content (AvgIpc) is 3.00. The highest BCUT2D eigenvalue weighted by molar-refractivity contribution is 7.47. The fraction of sp³-hybridized carbons (Fsp3) is 0.824. The number of phosphoric ester groups is 1. The number of carbonyl (C=O) groups excluding carboxylic acids is 2. The normalized spacial score (nSPS) is 13.8. The lowest BCUT2D eigenvalue weighted by Crippen LogP contribution is -2.27. The lowest BCUT2D eigenvalue weighted by atomic mass is 10.1. The van der Waals surface area contributed by atoms with Crippen LogP contribution in [0.1, 0.15) is 149 Å². The van der Waals surface area contributed by atoms with Gasteiger partial charge in [-0.2, -0.15) is 0 Å². The first-order chi connectivity index (χ1) is 21.3. The number of hydrogen-bond acceptors (Lipinski definition) is 7. The molecule has 0 saturated heterocycles. The molecule has 44 heavy (non-hydrogen) atoms. The highest BCUT2D eigenvalue weighted by atomic mass is 31.2. The Bertz CT molecular complexity index is 789. The fourth-order valence-corrected chi connectivity index (χ4v) is 5.21. The minimum absolute atomic E-state index is 0.0753. The van der Waals surface area contributed by atoms with Crippen LogP contribution in [0.4, 0.5) is 0 Å². The van der Waals surface area contributed by atoms with Crippen LogP contribution in [0.25, 0.3) is 0 Å². The van der Waals surface area contributed by atoms with Gasteiger partial charge in [0.15, 0.2) is 0 Å². The molecule has 2 atom stereocenters. The van der Waals surface area contributed by atoms with E-state index in [1.165, 1.54) is 57.8 Å². The third kappa shape index (κ3) is 31.9. The maximum Gasteiger partial charge on any atom is 0.472 e. The van der Waals surface area contributed by atoms with Crippen LogP contribution >= 0.6 is 7.82 Å². The summed E-state index contributed by atoms with van der Waals surface area (Å²) in [7, 11) is -4.40. The van der Waals surface area contributed by atoms with Crippen LogP contribution in [0.5, 0.6) is 0 Å². The van der Waals surface area contributed by atoms with E-state index in [1.807, 2.05) is 0 Å². The number of aliphatic hydroxyl groups is 1. The molecule has 0 aliphatic rings. The lowest BCUT2D eigenvalue weighted by Gasteiger charge is -2.15. The number of allylic oxidation sites excluding steroid dienone is 4. The summed E-state index contributed by atoms with van der Waals surface area (Å²) >= 11 is 0. The van der Waals surface area contributed by atoms with E-state index in [9.17, 15) is 24.2 Å². The van der Waals surface area contributed by atoms with Crippen LogP contribution in [0, 0.1) is 0 Å². The summed E-state index contributed by atoms with van der Waals surface area (Å²) in [6.07, 6.45) is 29.7. The van der Waals surface area contributed by atoms with Gasteiger partial charge in [-0.3, -0.25) is 18.6 Å². The van der Waals surface area contributed by atoms with Crippen molar-refractivity contribution in [1.82, 2.24) is 5.32 Å². The maximum atomic E-state index is 12.0. The summed E-state index contributed by atoms with van der Waals surface area (Å²) in [6.45, 7) is 3.45. The molecule has 2 unspecified atom stereocenters. The van der Waals surface area contributed by atoms with Crippen molar-refractivity contribution >= 4 is 19.7 Å². The minimum atomic E-state index is -4.40. The van der Waals surface area contributed by atoms with Gasteiger partial charge in [-0.1, -0.05) is 122 Å². The van der Waals surface area contributed by atoms with E-state index in [2.05, 4.69) is 43.5 Å². The highest BCUT2D eigenvalue weighted by Crippen LogP contribution is 2.42. The second-order valence-corrected chi connectivity index (χ2v) is 12.9. The zero-order valence-electron chi connectivity index (χ0n) is 27.9. The summed E-state index contributed by atoms with van der Waals surface area (Å²) in [5.41, 5.74) is 0. The van der Waals surface area contributed by atoms with E-state index in [0.29, 0.717) is 6.42 Å². The summed E-state index contributed by atoms with van der Waals surface area (Å²) in [4.78, 5) is 33.6. The molecule has 0 aliphatic heterocycles. The fourth-order valence-electron chi connectivity index (χ4n) is 4.45. The van der Waals surface area contributed by atoms with Crippen molar-refractivity contribution in [3.63, 3.8) is 0 Å². The number of amides is 1. The quantitative estimate of drug-likeness (QED) is 0.0287. The van der Waals surface area contributed by atoms with Gasteiger partial charge in [-0.25, -0.2) is 4.57 Å². The van der Waals surface area contributed by atoms with E-state index in [4.69, 9.17) is 13.8 Å². The summed E-state index contributed by atoms with van der Waals surface area (Å²) in [6, 6.07) is 0. The monoisotopic (exact) mass is 645 g/mol. The molecule has 0 aliphatic carbocycles. The Balaban J connectivity index is 3.66. The van der Waals surface area contributed by atoms with E-state index < -0.39 is 26.5 Å². The van der Waals surface area contributed by atoms with E-state index >= 15 is 0 Å². The van der Waals surface area contributed by atoms with Crippen LogP contribution < -0.4 is 5.32 Å². The largest absolute Gasteiger partial charge is 0.472 e. The van der Waals surface area contributed by atoms with Crippen molar-refractivity contribution in [2.75, 3.05) is 26.4 Å². The van der Waals surface area contributed by atoms with Crippen molar-refractivity contribution in [3.05, 3.63) is 24.3 Å². The minimum Gasteiger partial charge on any atom is -0.463 e. The third-order valence-corrected chi connectivity index (χ3v) is 8.12. The Morgan fingerprint density at radius 3 is 1.89 bits per heavy atom. The molecule has 0 aromatic rings. The summed E-state index contributed by atoms with van der Waals surface area (Å²) in [5, 5.41) is 12.6. The van der Waals surface area contributed by atoms with Crippen molar-refractivity contribution in [1.29, 1.82) is 0 Å². The molecule has 0 heterocycles. The molecule has 9 nitrogen and oxygen atoms in total. The molecule has 1 amide bonds. The number of unbranched alkanes of at least 4 members (excludes halogenated alkanes) is 15. The summed E-state index contributed by atoms with van der Waals surface area (Å²) < 4.78 is 26.6. The Kier molecular flexibility index (Phi) is 30.4. The van der Waals surface area contributed by atoms with E-state index in [-0.39, 0.29) is 32.1 Å². The Morgan fingerprint density at radius 1 is 0.705 bits per heavy atom. The number of ether oxygens (including phenoxy) is 1. The highest BCUT2D eigenvalue weighted by Gasteiger charge is 2.23. The van der Waals surface area contributed by atoms with Crippen LogP contribution in [-0.2, 0) is 27.9 Å². The van der Waals surface area contributed by atoms with Gasteiger partial charge in [-0.15, -0.1) is 0 Å². The molecule has 3 N–H and O–H groups in total. The number of phosphoric acid groups is 1.